The van der Waals surface area contributed by atoms with E-state index in [1.807, 2.05) is 6.08 Å². The van der Waals surface area contributed by atoms with Crippen LogP contribution in [-0.4, -0.2) is 193 Å². The third-order valence-electron chi connectivity index (χ3n) is 22.3. The van der Waals surface area contributed by atoms with E-state index < -0.39 is 124 Å². The Labute approximate surface area is 633 Å². The van der Waals surface area contributed by atoms with Crippen molar-refractivity contribution in [3.8, 4) is 0 Å². The molecule has 3 rings (SSSR count). The van der Waals surface area contributed by atoms with Gasteiger partial charge in [0, 0.05) is 6.42 Å². The molecule has 0 spiro atoms. The summed E-state index contributed by atoms with van der Waals surface area (Å²) in [4.78, 5) is 13.5. The van der Waals surface area contributed by atoms with E-state index in [0.717, 1.165) is 44.9 Å². The number of unbranched alkanes of at least 4 members (excludes halogenated alkanes) is 56. The van der Waals surface area contributed by atoms with Crippen LogP contribution in [-0.2, 0) is 33.2 Å². The van der Waals surface area contributed by atoms with Crippen LogP contribution >= 0.6 is 0 Å². The maximum absolute atomic E-state index is 13.5. The lowest BCUT2D eigenvalue weighted by Crippen LogP contribution is -2.66. The largest absolute Gasteiger partial charge is 0.394 e. The molecule has 3 saturated heterocycles. The highest BCUT2D eigenvalue weighted by Gasteiger charge is 2.54. The normalized spacial score (nSPS) is 25.9. The smallest absolute Gasteiger partial charge is 0.220 e. The molecule has 0 saturated carbocycles. The van der Waals surface area contributed by atoms with E-state index in [4.69, 9.17) is 28.4 Å². The lowest BCUT2D eigenvalue weighted by Gasteiger charge is -2.48. The summed E-state index contributed by atoms with van der Waals surface area (Å²) in [5.74, 6) is -0.265. The molecule has 0 radical (unpaired) electrons. The Morgan fingerprint density at radius 1 is 0.337 bits per heavy atom. The third kappa shape index (κ3) is 45.1. The predicted octanol–water partition coefficient (Wildman–Crippen LogP) is 15.9. The van der Waals surface area contributed by atoms with Crippen LogP contribution in [0.2, 0.25) is 0 Å². The molecule has 0 aromatic heterocycles. The summed E-state index contributed by atoms with van der Waals surface area (Å²) in [6.07, 6.45) is 53.7. The second kappa shape index (κ2) is 66.2. The van der Waals surface area contributed by atoms with Gasteiger partial charge in [0.25, 0.3) is 0 Å². The van der Waals surface area contributed by atoms with Crippen molar-refractivity contribution in [2.24, 2.45) is 0 Å². The Balaban J connectivity index is 1.32. The summed E-state index contributed by atoms with van der Waals surface area (Å²) in [7, 11) is 0. The van der Waals surface area contributed by atoms with Crippen molar-refractivity contribution in [1.82, 2.24) is 5.32 Å². The predicted molar refractivity (Wildman–Crippen MR) is 416 cm³/mol. The van der Waals surface area contributed by atoms with Gasteiger partial charge in [-0.05, 0) is 19.3 Å². The van der Waals surface area contributed by atoms with Gasteiger partial charge in [-0.15, -0.1) is 0 Å². The molecule has 3 heterocycles. The van der Waals surface area contributed by atoms with Crippen molar-refractivity contribution >= 4 is 5.91 Å². The number of hydrogen-bond donors (Lipinski definition) is 12. The van der Waals surface area contributed by atoms with E-state index in [2.05, 4.69) is 19.2 Å². The molecular formula is C85H163NO18. The minimum Gasteiger partial charge on any atom is -0.394 e. The van der Waals surface area contributed by atoms with Crippen LogP contribution in [0.1, 0.15) is 393 Å². The van der Waals surface area contributed by atoms with Gasteiger partial charge in [-0.1, -0.05) is 379 Å². The van der Waals surface area contributed by atoms with Crippen LogP contribution < -0.4 is 5.32 Å². The van der Waals surface area contributed by atoms with E-state index in [0.29, 0.717) is 6.42 Å². The number of allylic oxidation sites excluding steroid dienone is 1. The second-order valence-electron chi connectivity index (χ2n) is 31.7. The Hall–Kier alpha value is -1.47. The van der Waals surface area contributed by atoms with E-state index >= 15 is 0 Å². The third-order valence-corrected chi connectivity index (χ3v) is 22.3. The number of ether oxygens (including phenoxy) is 6. The Morgan fingerprint density at radius 2 is 0.596 bits per heavy atom. The van der Waals surface area contributed by atoms with E-state index in [-0.39, 0.29) is 18.9 Å². The highest BCUT2D eigenvalue weighted by atomic mass is 16.8. The molecule has 0 aromatic carbocycles. The molecule has 0 aliphatic carbocycles. The number of aliphatic hydroxyl groups is 11. The number of amides is 1. The zero-order valence-corrected chi connectivity index (χ0v) is 66.3. The molecule has 17 atom stereocenters. The van der Waals surface area contributed by atoms with Gasteiger partial charge in [0.05, 0.1) is 38.6 Å². The second-order valence-corrected chi connectivity index (χ2v) is 31.7. The minimum atomic E-state index is -1.98. The molecule has 3 aliphatic rings. The topological polar surface area (TPSA) is 307 Å². The summed E-state index contributed by atoms with van der Waals surface area (Å²) in [6, 6.07) is -0.971. The van der Waals surface area contributed by atoms with Crippen molar-refractivity contribution in [1.29, 1.82) is 0 Å². The van der Waals surface area contributed by atoms with Crippen LogP contribution in [0.25, 0.3) is 0 Å². The monoisotopic (exact) mass is 1490 g/mol. The van der Waals surface area contributed by atoms with Gasteiger partial charge in [-0.3, -0.25) is 4.79 Å². The first-order valence-electron chi connectivity index (χ1n) is 43.9. The summed E-state index contributed by atoms with van der Waals surface area (Å²) in [5.41, 5.74) is 0. The van der Waals surface area contributed by atoms with Gasteiger partial charge in [0.1, 0.15) is 73.2 Å². The van der Waals surface area contributed by atoms with E-state index in [9.17, 15) is 61.0 Å². The standard InChI is InChI=1S/C85H163NO18/c1-3-5-7-9-11-13-15-17-19-21-23-25-27-29-30-31-32-33-34-35-36-37-38-39-41-43-45-47-49-51-53-55-57-59-61-63-73(91)86-68(69(90)62-60-58-56-54-52-50-48-46-44-42-40-28-26-24-22-20-18-16-14-12-10-8-6-4-2)67-99-83-79(97)76(94)81(71(65-88)101-83)104-85-80(98)77(95)82(72(66-89)102-85)103-84-78(96)75(93)74(92)70(64-87)100-84/h60,62,68-72,74-85,87-90,92-98H,3-59,61,63-67H2,1-2H3,(H,86,91)/b62-60+. The first-order valence-corrected chi connectivity index (χ1v) is 43.9. The number of carbonyl (C=O) groups is 1. The molecular weight excluding hydrogens is 1320 g/mol. The van der Waals surface area contributed by atoms with Gasteiger partial charge < -0.3 is 89.9 Å². The van der Waals surface area contributed by atoms with Crippen molar-refractivity contribution in [3.05, 3.63) is 12.2 Å². The fourth-order valence-electron chi connectivity index (χ4n) is 15.3. The fourth-order valence-corrected chi connectivity index (χ4v) is 15.3. The Morgan fingerprint density at radius 3 is 0.904 bits per heavy atom. The maximum Gasteiger partial charge on any atom is 0.220 e. The maximum atomic E-state index is 13.5. The minimum absolute atomic E-state index is 0.250. The SMILES string of the molecule is CCCCCCCCCCCCCCCCCCCCCCCC/C=C/C(O)C(COC1OC(CO)C(OC2OC(CO)C(OC3OC(CO)C(O)C(O)C3O)C(O)C2O)C(O)C1O)NC(=O)CCCCCCCCCCCCCCCCCCCCCCCCCCCCCCCCCCCCC. The molecule has 3 aliphatic heterocycles. The summed E-state index contributed by atoms with van der Waals surface area (Å²) < 4.78 is 34.5. The van der Waals surface area contributed by atoms with Crippen LogP contribution in [0.4, 0.5) is 0 Å². The number of carbonyl (C=O) groups excluding carboxylic acids is 1. The molecule has 3 fully saturated rings. The summed E-state index contributed by atoms with van der Waals surface area (Å²) in [5, 5.41) is 121. The first-order chi connectivity index (χ1) is 50.8. The molecule has 19 nitrogen and oxygen atoms in total. The molecule has 1 amide bonds. The van der Waals surface area contributed by atoms with Gasteiger partial charge >= 0.3 is 0 Å². The van der Waals surface area contributed by atoms with Crippen molar-refractivity contribution < 1.29 is 89.4 Å². The first kappa shape index (κ1) is 96.7. The van der Waals surface area contributed by atoms with Gasteiger partial charge in [0.15, 0.2) is 18.9 Å². The number of aliphatic hydroxyl groups excluding tert-OH is 11. The van der Waals surface area contributed by atoms with Crippen LogP contribution in [0.3, 0.4) is 0 Å². The average Bonchev–Trinajstić information content (AvgIpc) is 0.783. The number of hydrogen-bond acceptors (Lipinski definition) is 18. The molecule has 104 heavy (non-hydrogen) atoms. The fraction of sp³-hybridized carbons (Fsp3) is 0.965. The molecule has 0 bridgehead atoms. The van der Waals surface area contributed by atoms with Crippen LogP contribution in [0, 0.1) is 0 Å². The van der Waals surface area contributed by atoms with Gasteiger partial charge in [-0.2, -0.15) is 0 Å². The number of rotatable bonds is 72. The summed E-state index contributed by atoms with van der Waals surface area (Å²) >= 11 is 0. The average molecular weight is 1490 g/mol. The van der Waals surface area contributed by atoms with Crippen molar-refractivity contribution in [2.75, 3.05) is 26.4 Å². The van der Waals surface area contributed by atoms with Crippen LogP contribution in [0.15, 0.2) is 12.2 Å². The van der Waals surface area contributed by atoms with Gasteiger partial charge in [0.2, 0.25) is 5.91 Å². The Bertz CT molecular complexity index is 1920. The van der Waals surface area contributed by atoms with Crippen LogP contribution in [0.5, 0.6) is 0 Å². The molecule has 0 aromatic rings. The zero-order valence-electron chi connectivity index (χ0n) is 66.3. The highest BCUT2D eigenvalue weighted by Crippen LogP contribution is 2.34. The lowest BCUT2D eigenvalue weighted by atomic mass is 9.96. The van der Waals surface area contributed by atoms with E-state index in [1.165, 1.54) is 321 Å². The quantitative estimate of drug-likeness (QED) is 0.0199. The molecule has 12 N–H and O–H groups in total. The molecule has 616 valence electrons. The summed E-state index contributed by atoms with van der Waals surface area (Å²) in [6.45, 7) is 1.82. The number of nitrogens with one attached hydrogen (secondary N) is 1. The lowest BCUT2D eigenvalue weighted by molar-refractivity contribution is -0.379. The molecule has 19 heteroatoms. The van der Waals surface area contributed by atoms with Gasteiger partial charge in [-0.25, -0.2) is 0 Å². The zero-order chi connectivity index (χ0) is 75.3. The van der Waals surface area contributed by atoms with E-state index in [1.54, 1.807) is 6.08 Å². The van der Waals surface area contributed by atoms with Crippen molar-refractivity contribution in [3.63, 3.8) is 0 Å². The van der Waals surface area contributed by atoms with Crippen molar-refractivity contribution in [2.45, 2.75) is 497 Å². The highest BCUT2D eigenvalue weighted by molar-refractivity contribution is 5.76. The molecule has 17 unspecified atom stereocenters. The Kier molecular flexibility index (Phi) is 61.5.